The van der Waals surface area contributed by atoms with Crippen molar-refractivity contribution in [3.05, 3.63) is 18.2 Å². The van der Waals surface area contributed by atoms with Crippen LogP contribution in [0.2, 0.25) is 0 Å². The van der Waals surface area contributed by atoms with Crippen molar-refractivity contribution < 1.29 is 4.79 Å². The SMILES string of the molecule is CCN(CC)C(=O)CNc1nc2ccc(N)cc2[nH]1. The standard InChI is InChI=1S/C13H19N5O/c1-3-18(4-2)12(19)8-15-13-16-10-6-5-9(14)7-11(10)17-13/h5-7H,3-4,8,14H2,1-2H3,(H2,15,16,17). The first kappa shape index (κ1) is 13.2. The summed E-state index contributed by atoms with van der Waals surface area (Å²) in [4.78, 5) is 21.1. The zero-order valence-corrected chi connectivity index (χ0v) is 11.2. The lowest BCUT2D eigenvalue weighted by Gasteiger charge is -2.18. The number of hydrogen-bond acceptors (Lipinski definition) is 4. The van der Waals surface area contributed by atoms with Gasteiger partial charge in [0.15, 0.2) is 0 Å². The maximum absolute atomic E-state index is 11.8. The van der Waals surface area contributed by atoms with Gasteiger partial charge in [0, 0.05) is 18.8 Å². The Labute approximate surface area is 112 Å². The van der Waals surface area contributed by atoms with E-state index in [1.165, 1.54) is 0 Å². The molecule has 0 aliphatic heterocycles. The lowest BCUT2D eigenvalue weighted by atomic mass is 10.3. The molecule has 6 nitrogen and oxygen atoms in total. The Morgan fingerprint density at radius 2 is 2.16 bits per heavy atom. The maximum Gasteiger partial charge on any atom is 0.241 e. The molecule has 0 aliphatic rings. The lowest BCUT2D eigenvalue weighted by molar-refractivity contribution is -0.128. The predicted molar refractivity (Wildman–Crippen MR) is 76.9 cm³/mol. The number of nitrogens with zero attached hydrogens (tertiary/aromatic N) is 2. The zero-order valence-electron chi connectivity index (χ0n) is 11.2. The third-order valence-corrected chi connectivity index (χ3v) is 3.03. The Hall–Kier alpha value is -2.24. The number of imidazole rings is 1. The van der Waals surface area contributed by atoms with E-state index < -0.39 is 0 Å². The van der Waals surface area contributed by atoms with Crippen LogP contribution in [0.25, 0.3) is 11.0 Å². The fourth-order valence-corrected chi connectivity index (χ4v) is 1.96. The Kier molecular flexibility index (Phi) is 3.89. The zero-order chi connectivity index (χ0) is 13.8. The monoisotopic (exact) mass is 261 g/mol. The molecule has 2 rings (SSSR count). The van der Waals surface area contributed by atoms with Gasteiger partial charge in [-0.25, -0.2) is 4.98 Å². The molecule has 102 valence electrons. The first-order chi connectivity index (χ1) is 9.13. The predicted octanol–water partition coefficient (Wildman–Crippen LogP) is 1.43. The first-order valence-electron chi connectivity index (χ1n) is 6.41. The normalized spacial score (nSPS) is 10.6. The molecule has 1 aromatic heterocycles. The highest BCUT2D eigenvalue weighted by molar-refractivity contribution is 5.83. The Balaban J connectivity index is 2.03. The van der Waals surface area contributed by atoms with Gasteiger partial charge in [0.2, 0.25) is 11.9 Å². The highest BCUT2D eigenvalue weighted by Crippen LogP contribution is 2.16. The van der Waals surface area contributed by atoms with E-state index in [4.69, 9.17) is 5.73 Å². The fourth-order valence-electron chi connectivity index (χ4n) is 1.96. The summed E-state index contributed by atoms with van der Waals surface area (Å²) in [6, 6.07) is 5.46. The van der Waals surface area contributed by atoms with E-state index >= 15 is 0 Å². The number of nitrogens with two attached hydrogens (primary N) is 1. The van der Waals surface area contributed by atoms with Gasteiger partial charge >= 0.3 is 0 Å². The molecule has 0 unspecified atom stereocenters. The Morgan fingerprint density at radius 1 is 1.42 bits per heavy atom. The fraction of sp³-hybridized carbons (Fsp3) is 0.385. The molecule has 0 saturated heterocycles. The minimum Gasteiger partial charge on any atom is -0.399 e. The molecule has 0 atom stereocenters. The van der Waals surface area contributed by atoms with E-state index in [0.717, 1.165) is 11.0 Å². The molecular weight excluding hydrogens is 242 g/mol. The molecule has 1 heterocycles. The number of benzene rings is 1. The van der Waals surface area contributed by atoms with Gasteiger partial charge < -0.3 is 20.9 Å². The van der Waals surface area contributed by atoms with Gasteiger partial charge in [-0.15, -0.1) is 0 Å². The molecule has 6 heteroatoms. The van der Waals surface area contributed by atoms with Gasteiger partial charge in [-0.2, -0.15) is 0 Å². The van der Waals surface area contributed by atoms with Crippen LogP contribution in [0.3, 0.4) is 0 Å². The van der Waals surface area contributed by atoms with Crippen molar-refractivity contribution >= 4 is 28.6 Å². The summed E-state index contributed by atoms with van der Waals surface area (Å²) in [7, 11) is 0. The molecule has 0 fully saturated rings. The van der Waals surface area contributed by atoms with Crippen molar-refractivity contribution in [2.24, 2.45) is 0 Å². The van der Waals surface area contributed by atoms with Gasteiger partial charge in [0.25, 0.3) is 0 Å². The van der Waals surface area contributed by atoms with E-state index in [0.29, 0.717) is 24.7 Å². The first-order valence-corrected chi connectivity index (χ1v) is 6.41. The summed E-state index contributed by atoms with van der Waals surface area (Å²) in [5, 5.41) is 3.00. The number of rotatable bonds is 5. The summed E-state index contributed by atoms with van der Waals surface area (Å²) in [5.74, 6) is 0.645. The molecule has 0 bridgehead atoms. The second-order valence-corrected chi connectivity index (χ2v) is 4.28. The minimum absolute atomic E-state index is 0.0602. The van der Waals surface area contributed by atoms with Crippen LogP contribution in [-0.2, 0) is 4.79 Å². The molecule has 2 aromatic rings. The van der Waals surface area contributed by atoms with Crippen molar-refractivity contribution in [1.29, 1.82) is 0 Å². The molecule has 1 aromatic carbocycles. The minimum atomic E-state index is 0.0602. The quantitative estimate of drug-likeness (QED) is 0.710. The number of carbonyl (C=O) groups excluding carboxylic acids is 1. The van der Waals surface area contributed by atoms with Gasteiger partial charge in [0.05, 0.1) is 17.6 Å². The van der Waals surface area contributed by atoms with Crippen LogP contribution in [0.15, 0.2) is 18.2 Å². The van der Waals surface area contributed by atoms with Gasteiger partial charge in [-0.05, 0) is 32.0 Å². The topological polar surface area (TPSA) is 87.0 Å². The van der Waals surface area contributed by atoms with Crippen LogP contribution in [-0.4, -0.2) is 40.4 Å². The molecule has 0 spiro atoms. The molecule has 19 heavy (non-hydrogen) atoms. The number of amides is 1. The van der Waals surface area contributed by atoms with Crippen LogP contribution in [0.1, 0.15) is 13.8 Å². The van der Waals surface area contributed by atoms with Crippen LogP contribution >= 0.6 is 0 Å². The Morgan fingerprint density at radius 3 is 2.84 bits per heavy atom. The van der Waals surface area contributed by atoms with Crippen LogP contribution in [0.4, 0.5) is 11.6 Å². The average Bonchev–Trinajstić information content (AvgIpc) is 2.79. The van der Waals surface area contributed by atoms with Crippen LogP contribution < -0.4 is 11.1 Å². The number of likely N-dealkylation sites (N-methyl/N-ethyl adjacent to an activating group) is 1. The number of anilines is 2. The van der Waals surface area contributed by atoms with Crippen molar-refractivity contribution in [1.82, 2.24) is 14.9 Å². The number of H-pyrrole nitrogens is 1. The molecule has 0 aliphatic carbocycles. The summed E-state index contributed by atoms with van der Waals surface area (Å²) in [5.41, 5.74) is 8.07. The van der Waals surface area contributed by atoms with E-state index in [1.54, 1.807) is 11.0 Å². The third-order valence-electron chi connectivity index (χ3n) is 3.03. The van der Waals surface area contributed by atoms with Crippen molar-refractivity contribution in [3.8, 4) is 0 Å². The summed E-state index contributed by atoms with van der Waals surface area (Å²) in [6.07, 6.45) is 0. The smallest absolute Gasteiger partial charge is 0.241 e. The largest absolute Gasteiger partial charge is 0.399 e. The van der Waals surface area contributed by atoms with Gasteiger partial charge in [-0.1, -0.05) is 0 Å². The summed E-state index contributed by atoms with van der Waals surface area (Å²) in [6.45, 7) is 5.59. The second-order valence-electron chi connectivity index (χ2n) is 4.28. The van der Waals surface area contributed by atoms with Crippen molar-refractivity contribution in [2.75, 3.05) is 30.7 Å². The molecular formula is C13H19N5O. The average molecular weight is 261 g/mol. The molecule has 0 radical (unpaired) electrons. The van der Waals surface area contributed by atoms with Gasteiger partial charge in [0.1, 0.15) is 0 Å². The lowest BCUT2D eigenvalue weighted by Crippen LogP contribution is -2.35. The molecule has 1 amide bonds. The number of fused-ring (bicyclic) bond motifs is 1. The van der Waals surface area contributed by atoms with E-state index in [2.05, 4.69) is 15.3 Å². The number of nitrogens with one attached hydrogen (secondary N) is 2. The second kappa shape index (κ2) is 5.60. The van der Waals surface area contributed by atoms with E-state index in [9.17, 15) is 4.79 Å². The maximum atomic E-state index is 11.8. The highest BCUT2D eigenvalue weighted by Gasteiger charge is 2.10. The highest BCUT2D eigenvalue weighted by atomic mass is 16.2. The van der Waals surface area contributed by atoms with Crippen LogP contribution in [0, 0.1) is 0 Å². The Bertz CT molecular complexity index is 573. The summed E-state index contributed by atoms with van der Waals surface area (Å²) >= 11 is 0. The molecule has 0 saturated carbocycles. The van der Waals surface area contributed by atoms with Crippen molar-refractivity contribution in [3.63, 3.8) is 0 Å². The number of hydrogen-bond donors (Lipinski definition) is 3. The number of aromatic amines is 1. The van der Waals surface area contributed by atoms with E-state index in [1.807, 2.05) is 26.0 Å². The van der Waals surface area contributed by atoms with E-state index in [-0.39, 0.29) is 12.5 Å². The van der Waals surface area contributed by atoms with Gasteiger partial charge in [-0.3, -0.25) is 4.79 Å². The van der Waals surface area contributed by atoms with Crippen LogP contribution in [0.5, 0.6) is 0 Å². The summed E-state index contributed by atoms with van der Waals surface area (Å²) < 4.78 is 0. The third kappa shape index (κ3) is 2.96. The van der Waals surface area contributed by atoms with Crippen molar-refractivity contribution in [2.45, 2.75) is 13.8 Å². The number of carbonyl (C=O) groups is 1. The number of aromatic nitrogens is 2. The number of nitrogen functional groups attached to an aromatic ring is 1. The molecule has 4 N–H and O–H groups in total.